The van der Waals surface area contributed by atoms with Crippen LogP contribution in [0.1, 0.15) is 5.82 Å². The SMILES string of the molecule is CN1CCN(n2c(CCl)nc3ccccc3c2=O)CC1. The fraction of sp³-hybridized carbons (Fsp3) is 0.429. The van der Waals surface area contributed by atoms with Crippen LogP contribution in [-0.2, 0) is 5.88 Å². The summed E-state index contributed by atoms with van der Waals surface area (Å²) in [6.07, 6.45) is 0. The fourth-order valence-electron chi connectivity index (χ4n) is 2.54. The molecule has 0 spiro atoms. The molecule has 0 unspecified atom stereocenters. The Bertz CT molecular complexity index is 676. The van der Waals surface area contributed by atoms with Crippen LogP contribution in [0.5, 0.6) is 0 Å². The van der Waals surface area contributed by atoms with Crippen molar-refractivity contribution in [3.8, 4) is 0 Å². The van der Waals surface area contributed by atoms with Gasteiger partial charge in [0.2, 0.25) is 0 Å². The monoisotopic (exact) mass is 292 g/mol. The third-order valence-corrected chi connectivity index (χ3v) is 3.94. The summed E-state index contributed by atoms with van der Waals surface area (Å²) in [6, 6.07) is 7.41. The molecule has 5 nitrogen and oxygen atoms in total. The lowest BCUT2D eigenvalue weighted by Crippen LogP contribution is -2.54. The zero-order chi connectivity index (χ0) is 14.1. The number of hydrogen-bond donors (Lipinski definition) is 0. The van der Waals surface area contributed by atoms with Crippen LogP contribution in [0.3, 0.4) is 0 Å². The first-order valence-electron chi connectivity index (χ1n) is 6.71. The summed E-state index contributed by atoms with van der Waals surface area (Å²) >= 11 is 5.99. The smallest absolute Gasteiger partial charge is 0.280 e. The quantitative estimate of drug-likeness (QED) is 0.775. The summed E-state index contributed by atoms with van der Waals surface area (Å²) in [5, 5.41) is 2.68. The van der Waals surface area contributed by atoms with E-state index in [1.807, 2.05) is 29.3 Å². The summed E-state index contributed by atoms with van der Waals surface area (Å²) in [5.41, 5.74) is 0.675. The second-order valence-corrected chi connectivity index (χ2v) is 5.32. The van der Waals surface area contributed by atoms with E-state index >= 15 is 0 Å². The summed E-state index contributed by atoms with van der Waals surface area (Å²) < 4.78 is 1.66. The Morgan fingerprint density at radius 3 is 2.60 bits per heavy atom. The third kappa shape index (κ3) is 2.27. The Labute approximate surface area is 122 Å². The molecule has 3 rings (SSSR count). The number of rotatable bonds is 2. The van der Waals surface area contributed by atoms with Gasteiger partial charge in [0, 0.05) is 26.2 Å². The van der Waals surface area contributed by atoms with Gasteiger partial charge in [-0.1, -0.05) is 12.1 Å². The van der Waals surface area contributed by atoms with E-state index < -0.39 is 0 Å². The van der Waals surface area contributed by atoms with Crippen molar-refractivity contribution >= 4 is 22.5 Å². The normalized spacial score (nSPS) is 16.8. The summed E-state index contributed by atoms with van der Waals surface area (Å²) in [5.74, 6) is 0.840. The van der Waals surface area contributed by atoms with Crippen LogP contribution in [-0.4, -0.2) is 47.8 Å². The summed E-state index contributed by atoms with van der Waals surface area (Å²) in [6.45, 7) is 3.47. The first-order valence-corrected chi connectivity index (χ1v) is 7.24. The lowest BCUT2D eigenvalue weighted by atomic mass is 10.2. The Hall–Kier alpha value is -1.59. The van der Waals surface area contributed by atoms with Crippen molar-refractivity contribution in [2.75, 3.05) is 38.2 Å². The van der Waals surface area contributed by atoms with Gasteiger partial charge in [0.25, 0.3) is 5.56 Å². The second kappa shape index (κ2) is 5.42. The highest BCUT2D eigenvalue weighted by molar-refractivity contribution is 6.16. The van der Waals surface area contributed by atoms with Crippen LogP contribution in [0.15, 0.2) is 29.1 Å². The highest BCUT2D eigenvalue weighted by Gasteiger charge is 2.19. The molecule has 0 N–H and O–H groups in total. The van der Waals surface area contributed by atoms with E-state index in [0.29, 0.717) is 16.7 Å². The van der Waals surface area contributed by atoms with Gasteiger partial charge >= 0.3 is 0 Å². The highest BCUT2D eigenvalue weighted by atomic mass is 35.5. The van der Waals surface area contributed by atoms with E-state index in [-0.39, 0.29) is 11.4 Å². The third-order valence-electron chi connectivity index (χ3n) is 3.70. The number of para-hydroxylation sites is 1. The lowest BCUT2D eigenvalue weighted by molar-refractivity contribution is 0.283. The Balaban J connectivity index is 2.13. The van der Waals surface area contributed by atoms with Crippen LogP contribution in [0.4, 0.5) is 0 Å². The lowest BCUT2D eigenvalue weighted by Gasteiger charge is -2.35. The van der Waals surface area contributed by atoms with Gasteiger partial charge in [-0.25, -0.2) is 9.66 Å². The molecule has 0 aliphatic carbocycles. The van der Waals surface area contributed by atoms with Crippen molar-refractivity contribution in [2.24, 2.45) is 0 Å². The van der Waals surface area contributed by atoms with Gasteiger partial charge in [-0.2, -0.15) is 0 Å². The molecule has 0 radical (unpaired) electrons. The largest absolute Gasteiger partial charge is 0.306 e. The maximum atomic E-state index is 12.7. The number of hydrogen-bond acceptors (Lipinski definition) is 4. The Morgan fingerprint density at radius 1 is 1.20 bits per heavy atom. The molecule has 106 valence electrons. The molecule has 0 amide bonds. The first kappa shape index (κ1) is 13.4. The Kier molecular flexibility index (Phi) is 3.63. The number of alkyl halides is 1. The van der Waals surface area contributed by atoms with Gasteiger partial charge in [-0.05, 0) is 19.2 Å². The van der Waals surface area contributed by atoms with Crippen molar-refractivity contribution in [1.82, 2.24) is 14.6 Å². The van der Waals surface area contributed by atoms with Crippen LogP contribution < -0.4 is 10.6 Å². The standard InChI is InChI=1S/C14H17ClN4O/c1-17-6-8-18(9-7-17)19-13(10-15)16-12-5-3-2-4-11(12)14(19)20/h2-5H,6-10H2,1H3. The van der Waals surface area contributed by atoms with Crippen LogP contribution in [0.2, 0.25) is 0 Å². The minimum Gasteiger partial charge on any atom is -0.306 e. The maximum Gasteiger partial charge on any atom is 0.280 e. The van der Waals surface area contributed by atoms with Crippen molar-refractivity contribution in [2.45, 2.75) is 5.88 Å². The molecule has 1 aromatic carbocycles. The predicted molar refractivity (Wildman–Crippen MR) is 81.0 cm³/mol. The van der Waals surface area contributed by atoms with E-state index in [1.54, 1.807) is 4.68 Å². The van der Waals surface area contributed by atoms with Gasteiger partial charge in [0.15, 0.2) is 0 Å². The summed E-state index contributed by atoms with van der Waals surface area (Å²) in [4.78, 5) is 19.5. The molecule has 0 atom stereocenters. The number of aromatic nitrogens is 2. The number of nitrogens with zero attached hydrogens (tertiary/aromatic N) is 4. The maximum absolute atomic E-state index is 12.7. The second-order valence-electron chi connectivity index (χ2n) is 5.05. The number of likely N-dealkylation sites (N-methyl/N-ethyl adjacent to an activating group) is 1. The first-order chi connectivity index (χ1) is 9.70. The van der Waals surface area contributed by atoms with Crippen molar-refractivity contribution in [3.63, 3.8) is 0 Å². The molecule has 0 bridgehead atoms. The molecule has 2 heterocycles. The predicted octanol–water partition coefficient (Wildman–Crippen LogP) is 1.02. The van der Waals surface area contributed by atoms with Gasteiger partial charge < -0.3 is 9.91 Å². The zero-order valence-corrected chi connectivity index (χ0v) is 12.2. The molecule has 1 fully saturated rings. The number of halogens is 1. The number of benzene rings is 1. The number of fused-ring (bicyclic) bond motifs is 1. The zero-order valence-electron chi connectivity index (χ0n) is 11.4. The molecule has 1 aliphatic rings. The van der Waals surface area contributed by atoms with Crippen LogP contribution in [0, 0.1) is 0 Å². The van der Waals surface area contributed by atoms with Crippen molar-refractivity contribution in [1.29, 1.82) is 0 Å². The van der Waals surface area contributed by atoms with Crippen LogP contribution in [0.25, 0.3) is 10.9 Å². The molecule has 1 saturated heterocycles. The molecular formula is C14H17ClN4O. The van der Waals surface area contributed by atoms with Gasteiger partial charge in [-0.3, -0.25) is 4.79 Å². The minimum atomic E-state index is -0.0317. The van der Waals surface area contributed by atoms with Crippen LogP contribution >= 0.6 is 11.6 Å². The van der Waals surface area contributed by atoms with Gasteiger partial charge in [0.05, 0.1) is 16.8 Å². The van der Waals surface area contributed by atoms with E-state index in [1.165, 1.54) is 0 Å². The average molecular weight is 293 g/mol. The van der Waals surface area contributed by atoms with Crippen molar-refractivity contribution < 1.29 is 0 Å². The van der Waals surface area contributed by atoms with E-state index in [9.17, 15) is 4.79 Å². The minimum absolute atomic E-state index is 0.0317. The fourth-order valence-corrected chi connectivity index (χ4v) is 2.72. The van der Waals surface area contributed by atoms with Crippen molar-refractivity contribution in [3.05, 3.63) is 40.4 Å². The van der Waals surface area contributed by atoms with E-state index in [0.717, 1.165) is 26.2 Å². The Morgan fingerprint density at radius 2 is 1.90 bits per heavy atom. The van der Waals surface area contributed by atoms with Gasteiger partial charge in [0.1, 0.15) is 5.82 Å². The molecule has 1 aromatic heterocycles. The van der Waals surface area contributed by atoms with E-state index in [2.05, 4.69) is 16.9 Å². The molecule has 0 saturated carbocycles. The molecule has 2 aromatic rings. The molecule has 1 aliphatic heterocycles. The highest BCUT2D eigenvalue weighted by Crippen LogP contribution is 2.10. The molecule has 20 heavy (non-hydrogen) atoms. The van der Waals surface area contributed by atoms with E-state index in [4.69, 9.17) is 11.6 Å². The topological polar surface area (TPSA) is 41.4 Å². The van der Waals surface area contributed by atoms with Gasteiger partial charge in [-0.15, -0.1) is 11.6 Å². The molecule has 6 heteroatoms. The number of piperazine rings is 1. The average Bonchev–Trinajstić information content (AvgIpc) is 2.48. The summed E-state index contributed by atoms with van der Waals surface area (Å²) in [7, 11) is 2.08. The molecular weight excluding hydrogens is 276 g/mol.